The van der Waals surface area contributed by atoms with E-state index in [1.54, 1.807) is 0 Å². The van der Waals surface area contributed by atoms with Crippen molar-refractivity contribution >= 4 is 77.4 Å². The first kappa shape index (κ1) is 19.3. The molecule has 110 valence electrons. The maximum Gasteiger partial charge on any atom is 0.266 e. The Balaban J connectivity index is 5.47. The predicted octanol–water partition coefficient (Wildman–Crippen LogP) is 1.91. The van der Waals surface area contributed by atoms with Crippen molar-refractivity contribution in [3.8, 4) is 0 Å². The fourth-order valence-corrected chi connectivity index (χ4v) is 1.76. The van der Waals surface area contributed by atoms with E-state index in [0.29, 0.717) is 10.0 Å². The highest BCUT2D eigenvalue weighted by molar-refractivity contribution is 9.11. The van der Waals surface area contributed by atoms with Crippen LogP contribution in [0.4, 0.5) is 0 Å². The van der Waals surface area contributed by atoms with E-state index < -0.39 is 35.4 Å². The van der Waals surface area contributed by atoms with Gasteiger partial charge < -0.3 is 0 Å². The van der Waals surface area contributed by atoms with Crippen LogP contribution in [-0.4, -0.2) is 45.4 Å². The number of nitrogens with zero attached hydrogens (tertiary/aromatic N) is 2. The number of carbonyl (C=O) groups excluding carboxylic acids is 4. The Kier molecular flexibility index (Phi) is 9.74. The Labute approximate surface area is 141 Å². The molecule has 0 aliphatic carbocycles. The van der Waals surface area contributed by atoms with Gasteiger partial charge in [-0.15, -0.1) is 0 Å². The SMILES string of the molecule is O=C(Cl)CN(C(=O)/C=C/Br)N(CC(=O)Cl)C(=O)/C=C/Br. The summed E-state index contributed by atoms with van der Waals surface area (Å²) in [7, 11) is 0. The van der Waals surface area contributed by atoms with Gasteiger partial charge >= 0.3 is 0 Å². The number of amides is 2. The summed E-state index contributed by atoms with van der Waals surface area (Å²) in [5.41, 5.74) is 0. The number of hydrazine groups is 1. The van der Waals surface area contributed by atoms with Gasteiger partial charge in [0, 0.05) is 12.2 Å². The van der Waals surface area contributed by atoms with Crippen LogP contribution in [-0.2, 0) is 19.2 Å². The number of hydrogen-bond acceptors (Lipinski definition) is 4. The van der Waals surface area contributed by atoms with E-state index in [2.05, 4.69) is 31.9 Å². The third kappa shape index (κ3) is 7.18. The Bertz CT molecular complexity index is 426. The fourth-order valence-electron chi connectivity index (χ4n) is 1.08. The molecule has 0 aromatic carbocycles. The van der Waals surface area contributed by atoms with E-state index in [1.807, 2.05) is 0 Å². The standard InChI is InChI=1S/C10H8Br2Cl2N2O4/c11-3-1-9(19)15(5-7(13)17)16(6-8(14)18)10(20)2-4-12/h1-4H,5-6H2/b3-1+,4-2+. The van der Waals surface area contributed by atoms with E-state index in [4.69, 9.17) is 23.2 Å². The van der Waals surface area contributed by atoms with E-state index in [0.717, 1.165) is 12.2 Å². The number of rotatable bonds is 6. The lowest BCUT2D eigenvalue weighted by Gasteiger charge is -2.31. The molecule has 0 radical (unpaired) electrons. The molecule has 0 aliphatic heterocycles. The van der Waals surface area contributed by atoms with E-state index in [9.17, 15) is 19.2 Å². The molecule has 6 nitrogen and oxygen atoms in total. The zero-order valence-electron chi connectivity index (χ0n) is 9.76. The van der Waals surface area contributed by atoms with Gasteiger partial charge in [0.25, 0.3) is 11.8 Å². The van der Waals surface area contributed by atoms with Crippen molar-refractivity contribution in [3.05, 3.63) is 22.1 Å². The predicted molar refractivity (Wildman–Crippen MR) is 81.3 cm³/mol. The van der Waals surface area contributed by atoms with E-state index in [1.165, 1.54) is 9.97 Å². The van der Waals surface area contributed by atoms with Crippen molar-refractivity contribution in [3.63, 3.8) is 0 Å². The molecule has 2 amide bonds. The number of carbonyl (C=O) groups is 4. The van der Waals surface area contributed by atoms with Gasteiger partial charge in [-0.1, -0.05) is 31.9 Å². The lowest BCUT2D eigenvalue weighted by Crippen LogP contribution is -2.51. The Morgan fingerprint density at radius 1 is 0.800 bits per heavy atom. The van der Waals surface area contributed by atoms with Crippen LogP contribution in [0.15, 0.2) is 22.1 Å². The average molecular weight is 451 g/mol. The Morgan fingerprint density at radius 3 is 1.30 bits per heavy atom. The van der Waals surface area contributed by atoms with E-state index >= 15 is 0 Å². The van der Waals surface area contributed by atoms with Crippen molar-refractivity contribution < 1.29 is 19.2 Å². The summed E-state index contributed by atoms with van der Waals surface area (Å²) >= 11 is 16.2. The van der Waals surface area contributed by atoms with Crippen LogP contribution in [0.1, 0.15) is 0 Å². The Morgan fingerprint density at radius 2 is 1.10 bits per heavy atom. The van der Waals surface area contributed by atoms with Crippen LogP contribution in [0.25, 0.3) is 0 Å². The first-order valence-electron chi connectivity index (χ1n) is 4.86. The molecule has 0 heterocycles. The summed E-state index contributed by atoms with van der Waals surface area (Å²) in [6.45, 7) is -1.19. The molecule has 0 aromatic heterocycles. The smallest absolute Gasteiger partial charge is 0.266 e. The number of halogens is 4. The first-order chi connectivity index (χ1) is 9.33. The summed E-state index contributed by atoms with van der Waals surface area (Å²) in [6, 6.07) is 0. The van der Waals surface area contributed by atoms with Gasteiger partial charge in [-0.25, -0.2) is 10.0 Å². The van der Waals surface area contributed by atoms with Crippen molar-refractivity contribution in [1.29, 1.82) is 0 Å². The van der Waals surface area contributed by atoms with Crippen molar-refractivity contribution in [1.82, 2.24) is 10.0 Å². The molecule has 0 bridgehead atoms. The molecule has 0 fully saturated rings. The van der Waals surface area contributed by atoms with Crippen LogP contribution in [0.5, 0.6) is 0 Å². The van der Waals surface area contributed by atoms with Crippen LogP contribution >= 0.6 is 55.1 Å². The van der Waals surface area contributed by atoms with Gasteiger partial charge in [0.05, 0.1) is 0 Å². The minimum Gasteiger partial charge on any atom is -0.279 e. The quantitative estimate of drug-likeness (QED) is 0.352. The minimum atomic E-state index is -0.885. The van der Waals surface area contributed by atoms with Crippen molar-refractivity contribution in [2.45, 2.75) is 0 Å². The second-order valence-electron chi connectivity index (χ2n) is 3.09. The highest BCUT2D eigenvalue weighted by Gasteiger charge is 2.26. The summed E-state index contributed by atoms with van der Waals surface area (Å²) in [5, 5.41) is -0.348. The molecule has 0 N–H and O–H groups in total. The zero-order valence-corrected chi connectivity index (χ0v) is 14.4. The summed E-state index contributed by atoms with van der Waals surface area (Å²) in [6.07, 6.45) is 2.08. The molecule has 0 aliphatic rings. The highest BCUT2D eigenvalue weighted by Crippen LogP contribution is 2.06. The molecule has 0 unspecified atom stereocenters. The molecule has 0 saturated heterocycles. The normalized spacial score (nSPS) is 10.8. The third-order valence-corrected chi connectivity index (χ3v) is 2.53. The molecule has 20 heavy (non-hydrogen) atoms. The highest BCUT2D eigenvalue weighted by atomic mass is 79.9. The van der Waals surface area contributed by atoms with Gasteiger partial charge in [0.15, 0.2) is 0 Å². The number of hydrogen-bond donors (Lipinski definition) is 0. The summed E-state index contributed by atoms with van der Waals surface area (Å²) in [4.78, 5) is 48.1. The maximum absolute atomic E-state index is 11.8. The fraction of sp³-hybridized carbons (Fsp3) is 0.200. The van der Waals surface area contributed by atoms with Gasteiger partial charge in [-0.2, -0.15) is 0 Å². The molecule has 0 atom stereocenters. The van der Waals surface area contributed by atoms with Crippen LogP contribution in [0.2, 0.25) is 0 Å². The topological polar surface area (TPSA) is 74.8 Å². The second kappa shape index (κ2) is 10.1. The maximum atomic E-state index is 11.8. The lowest BCUT2D eigenvalue weighted by molar-refractivity contribution is -0.159. The molecule has 0 rings (SSSR count). The Hall–Kier alpha value is -0.700. The molecular formula is C10H8Br2Cl2N2O4. The average Bonchev–Trinajstić information content (AvgIpc) is 2.33. The summed E-state index contributed by atoms with van der Waals surface area (Å²) in [5.74, 6) is -1.46. The first-order valence-corrected chi connectivity index (χ1v) is 7.45. The molecule has 0 aromatic rings. The van der Waals surface area contributed by atoms with Crippen LogP contribution < -0.4 is 0 Å². The molecule has 10 heteroatoms. The lowest BCUT2D eigenvalue weighted by atomic mass is 10.4. The second-order valence-corrected chi connectivity index (χ2v) is 4.99. The van der Waals surface area contributed by atoms with Crippen molar-refractivity contribution in [2.75, 3.05) is 13.1 Å². The summed E-state index contributed by atoms with van der Waals surface area (Å²) < 4.78 is 0. The largest absolute Gasteiger partial charge is 0.279 e. The van der Waals surface area contributed by atoms with Gasteiger partial charge in [-0.3, -0.25) is 19.2 Å². The zero-order chi connectivity index (χ0) is 15.7. The molecule has 0 saturated carbocycles. The minimum absolute atomic E-state index is 0.593. The van der Waals surface area contributed by atoms with Crippen LogP contribution in [0.3, 0.4) is 0 Å². The van der Waals surface area contributed by atoms with E-state index in [-0.39, 0.29) is 0 Å². The molecule has 0 spiro atoms. The molecular weight excluding hydrogens is 443 g/mol. The van der Waals surface area contributed by atoms with Crippen molar-refractivity contribution in [2.24, 2.45) is 0 Å². The third-order valence-electron chi connectivity index (χ3n) is 1.76. The van der Waals surface area contributed by atoms with Crippen LogP contribution in [0, 0.1) is 0 Å². The monoisotopic (exact) mass is 448 g/mol. The van der Waals surface area contributed by atoms with Gasteiger partial charge in [0.1, 0.15) is 13.1 Å². The van der Waals surface area contributed by atoms with Gasteiger partial charge in [0.2, 0.25) is 10.5 Å². The van der Waals surface area contributed by atoms with Gasteiger partial charge in [-0.05, 0) is 33.2 Å².